The van der Waals surface area contributed by atoms with Crippen LogP contribution in [0.5, 0.6) is 5.88 Å². The van der Waals surface area contributed by atoms with Crippen molar-refractivity contribution in [2.24, 2.45) is 0 Å². The highest BCUT2D eigenvalue weighted by Crippen LogP contribution is 2.36. The Morgan fingerprint density at radius 2 is 1.77 bits per heavy atom. The van der Waals surface area contributed by atoms with Gasteiger partial charge in [0.2, 0.25) is 11.8 Å². The molecule has 10 heteroatoms. The number of piperidine rings is 1. The number of hydrogen-bond acceptors (Lipinski definition) is 6. The fourth-order valence-electron chi connectivity index (χ4n) is 5.17. The number of likely N-dealkylation sites (tertiary alicyclic amines) is 1. The SMILES string of the molecule is O=C(OCc1ccccc1)N1CCC(c2nn(-c3nc4cccnc4[nH]3)c(O)c2CCc2ccc(F)cc2)CC1. The molecule has 0 atom stereocenters. The highest BCUT2D eigenvalue weighted by atomic mass is 19.1. The lowest BCUT2D eigenvalue weighted by molar-refractivity contribution is 0.0868. The summed E-state index contributed by atoms with van der Waals surface area (Å²) >= 11 is 0. The second-order valence-corrected chi connectivity index (χ2v) is 9.96. The number of pyridine rings is 1. The van der Waals surface area contributed by atoms with E-state index < -0.39 is 0 Å². The Hall–Kier alpha value is -4.73. The van der Waals surface area contributed by atoms with Gasteiger partial charge in [-0.3, -0.25) is 0 Å². The molecule has 0 radical (unpaired) electrons. The van der Waals surface area contributed by atoms with Crippen LogP contribution in [0.1, 0.15) is 41.1 Å². The van der Waals surface area contributed by atoms with E-state index in [-0.39, 0.29) is 30.3 Å². The third kappa shape index (κ3) is 5.38. The number of rotatable bonds is 7. The molecule has 2 aromatic carbocycles. The summed E-state index contributed by atoms with van der Waals surface area (Å²) in [5.41, 5.74) is 4.68. The molecule has 0 aliphatic carbocycles. The number of carbonyl (C=O) groups excluding carboxylic acids is 1. The third-order valence-electron chi connectivity index (χ3n) is 7.35. The predicted molar refractivity (Wildman–Crippen MR) is 147 cm³/mol. The summed E-state index contributed by atoms with van der Waals surface area (Å²) in [6.07, 6.45) is 3.83. The molecule has 40 heavy (non-hydrogen) atoms. The smallest absolute Gasteiger partial charge is 0.410 e. The Bertz CT molecular complexity index is 1580. The van der Waals surface area contributed by atoms with Crippen LogP contribution in [0.3, 0.4) is 0 Å². The quantitative estimate of drug-likeness (QED) is 0.290. The van der Waals surface area contributed by atoms with Crippen LogP contribution in [0, 0.1) is 5.82 Å². The molecular weight excluding hydrogens is 511 g/mol. The molecule has 9 nitrogen and oxygen atoms in total. The molecule has 0 unspecified atom stereocenters. The minimum absolute atomic E-state index is 0.0147. The van der Waals surface area contributed by atoms with Crippen LogP contribution in [0.4, 0.5) is 9.18 Å². The first kappa shape index (κ1) is 25.5. The number of nitrogens with zero attached hydrogens (tertiary/aromatic N) is 5. The van der Waals surface area contributed by atoms with Crippen LogP contribution >= 0.6 is 0 Å². The van der Waals surface area contributed by atoms with E-state index in [9.17, 15) is 14.3 Å². The monoisotopic (exact) mass is 540 g/mol. The molecule has 4 heterocycles. The molecule has 0 spiro atoms. The van der Waals surface area contributed by atoms with Gasteiger partial charge >= 0.3 is 6.09 Å². The summed E-state index contributed by atoms with van der Waals surface area (Å²) in [5.74, 6) is 0.145. The molecule has 204 valence electrons. The lowest BCUT2D eigenvalue weighted by atomic mass is 9.90. The fraction of sp³-hybridized carbons (Fsp3) is 0.267. The number of fused-ring (bicyclic) bond motifs is 1. The van der Waals surface area contributed by atoms with E-state index in [4.69, 9.17) is 9.84 Å². The van der Waals surface area contributed by atoms with Crippen molar-refractivity contribution in [1.82, 2.24) is 29.6 Å². The van der Waals surface area contributed by atoms with Crippen LogP contribution in [0.15, 0.2) is 72.9 Å². The lowest BCUT2D eigenvalue weighted by Crippen LogP contribution is -2.38. The number of nitrogens with one attached hydrogen (secondary N) is 1. The topological polar surface area (TPSA) is 109 Å². The number of aromatic nitrogens is 5. The van der Waals surface area contributed by atoms with E-state index in [1.54, 1.807) is 29.3 Å². The number of H-pyrrole nitrogens is 1. The van der Waals surface area contributed by atoms with Gasteiger partial charge in [-0.15, -0.1) is 0 Å². The van der Waals surface area contributed by atoms with Crippen molar-refractivity contribution in [2.75, 3.05) is 13.1 Å². The first-order valence-corrected chi connectivity index (χ1v) is 13.4. The molecule has 2 N–H and O–H groups in total. The van der Waals surface area contributed by atoms with Gasteiger partial charge < -0.3 is 19.7 Å². The van der Waals surface area contributed by atoms with E-state index in [1.807, 2.05) is 36.4 Å². The fourth-order valence-corrected chi connectivity index (χ4v) is 5.17. The van der Waals surface area contributed by atoms with Crippen molar-refractivity contribution >= 4 is 17.3 Å². The van der Waals surface area contributed by atoms with Crippen molar-refractivity contribution in [3.63, 3.8) is 0 Å². The molecule has 1 aliphatic heterocycles. The number of benzene rings is 2. The van der Waals surface area contributed by atoms with E-state index in [0.717, 1.165) is 22.4 Å². The van der Waals surface area contributed by atoms with Crippen molar-refractivity contribution in [2.45, 2.75) is 38.2 Å². The average molecular weight is 541 g/mol. The van der Waals surface area contributed by atoms with Crippen LogP contribution in [0.2, 0.25) is 0 Å². The van der Waals surface area contributed by atoms with Crippen LogP contribution < -0.4 is 0 Å². The van der Waals surface area contributed by atoms with E-state index in [1.165, 1.54) is 16.8 Å². The molecule has 1 amide bonds. The van der Waals surface area contributed by atoms with Gasteiger partial charge in [-0.25, -0.2) is 19.2 Å². The Morgan fingerprint density at radius 1 is 1.00 bits per heavy atom. The number of ether oxygens (including phenoxy) is 1. The van der Waals surface area contributed by atoms with E-state index in [2.05, 4.69) is 15.0 Å². The second-order valence-electron chi connectivity index (χ2n) is 9.96. The molecular formula is C30H29FN6O3. The largest absolute Gasteiger partial charge is 0.493 e. The van der Waals surface area contributed by atoms with Gasteiger partial charge in [0.25, 0.3) is 0 Å². The first-order chi connectivity index (χ1) is 19.5. The summed E-state index contributed by atoms with van der Waals surface area (Å²) in [6.45, 7) is 1.29. The van der Waals surface area contributed by atoms with E-state index in [0.29, 0.717) is 55.9 Å². The van der Waals surface area contributed by atoms with Crippen molar-refractivity contribution in [3.8, 4) is 11.8 Å². The lowest BCUT2D eigenvalue weighted by Gasteiger charge is -2.31. The Kier molecular flexibility index (Phi) is 7.13. The number of aromatic amines is 1. The molecule has 6 rings (SSSR count). The number of imidazole rings is 1. The number of aryl methyl sites for hydroxylation is 1. The molecule has 1 aliphatic rings. The number of amides is 1. The molecule has 0 bridgehead atoms. The highest BCUT2D eigenvalue weighted by molar-refractivity contribution is 5.71. The highest BCUT2D eigenvalue weighted by Gasteiger charge is 2.31. The van der Waals surface area contributed by atoms with E-state index >= 15 is 0 Å². The zero-order chi connectivity index (χ0) is 27.5. The maximum absolute atomic E-state index is 13.4. The zero-order valence-electron chi connectivity index (χ0n) is 21.8. The number of halogens is 1. The molecule has 1 fully saturated rings. The van der Waals surface area contributed by atoms with Gasteiger partial charge in [0.05, 0.1) is 5.69 Å². The summed E-state index contributed by atoms with van der Waals surface area (Å²) < 4.78 is 20.4. The van der Waals surface area contributed by atoms with Crippen LogP contribution in [-0.4, -0.2) is 53.9 Å². The summed E-state index contributed by atoms with van der Waals surface area (Å²) in [4.78, 5) is 26.4. The van der Waals surface area contributed by atoms with Gasteiger partial charge in [0, 0.05) is 30.8 Å². The third-order valence-corrected chi connectivity index (χ3v) is 7.35. The Balaban J connectivity index is 1.21. The summed E-state index contributed by atoms with van der Waals surface area (Å²) in [7, 11) is 0. The van der Waals surface area contributed by atoms with Crippen molar-refractivity contribution < 1.29 is 19.0 Å². The number of carbonyl (C=O) groups is 1. The van der Waals surface area contributed by atoms with Gasteiger partial charge in [0.15, 0.2) is 5.65 Å². The first-order valence-electron chi connectivity index (χ1n) is 13.4. The average Bonchev–Trinajstić information content (AvgIpc) is 3.57. The van der Waals surface area contributed by atoms with Gasteiger partial charge in [-0.1, -0.05) is 42.5 Å². The summed E-state index contributed by atoms with van der Waals surface area (Å²) in [5, 5.41) is 16.2. The Labute approximate surface area is 230 Å². The summed E-state index contributed by atoms with van der Waals surface area (Å²) in [6, 6.07) is 19.6. The maximum Gasteiger partial charge on any atom is 0.410 e. The second kappa shape index (κ2) is 11.2. The van der Waals surface area contributed by atoms with Crippen molar-refractivity contribution in [1.29, 1.82) is 0 Å². The Morgan fingerprint density at radius 3 is 2.52 bits per heavy atom. The van der Waals surface area contributed by atoms with Gasteiger partial charge in [-0.2, -0.15) is 9.78 Å². The minimum atomic E-state index is -0.331. The zero-order valence-corrected chi connectivity index (χ0v) is 21.8. The number of aromatic hydroxyl groups is 1. The van der Waals surface area contributed by atoms with Crippen LogP contribution in [-0.2, 0) is 24.2 Å². The maximum atomic E-state index is 13.4. The number of hydrogen-bond donors (Lipinski definition) is 2. The van der Waals surface area contributed by atoms with Gasteiger partial charge in [-0.05, 0) is 61.1 Å². The standard InChI is InChI=1S/C30H29FN6O3/c31-23-11-8-20(9-12-23)10-13-24-26(35-37(28(24)38)29-33-25-7-4-16-32-27(25)34-29)22-14-17-36(18-15-22)30(39)40-19-21-5-2-1-3-6-21/h1-9,11-12,16,22,38H,10,13-15,17-19H2,(H,32,33,34). The minimum Gasteiger partial charge on any atom is -0.493 e. The van der Waals surface area contributed by atoms with Crippen LogP contribution in [0.25, 0.3) is 17.1 Å². The predicted octanol–water partition coefficient (Wildman–Crippen LogP) is 5.29. The van der Waals surface area contributed by atoms with Crippen molar-refractivity contribution in [3.05, 3.63) is 101 Å². The normalized spacial score (nSPS) is 14.1. The molecule has 0 saturated carbocycles. The molecule has 3 aromatic heterocycles. The molecule has 1 saturated heterocycles. The van der Waals surface area contributed by atoms with Gasteiger partial charge in [0.1, 0.15) is 17.9 Å². The molecule has 5 aromatic rings.